The molecule has 3 aromatic rings. The number of benzene rings is 3. The summed E-state index contributed by atoms with van der Waals surface area (Å²) < 4.78 is 27.4. The molecule has 0 fully saturated rings. The van der Waals surface area contributed by atoms with Gasteiger partial charge in [-0.25, -0.2) is 8.42 Å². The number of hydrogen-bond acceptors (Lipinski definition) is 4. The second-order valence-corrected chi connectivity index (χ2v) is 8.26. The van der Waals surface area contributed by atoms with Crippen molar-refractivity contribution in [2.45, 2.75) is 23.9 Å². The molecule has 26 heavy (non-hydrogen) atoms. The SMILES string of the molecule is O=C([O-])[C@H]1Cc2ccccc2CN1S(=O)(=O)c1ccc2ccccc2c1. The fourth-order valence-electron chi connectivity index (χ4n) is 3.42. The minimum absolute atomic E-state index is 0.0178. The van der Waals surface area contributed by atoms with Crippen LogP contribution in [0.2, 0.25) is 0 Å². The molecule has 0 aliphatic carbocycles. The lowest BCUT2D eigenvalue weighted by Gasteiger charge is -2.36. The first-order valence-corrected chi connectivity index (χ1v) is 9.69. The number of hydrogen-bond donors (Lipinski definition) is 0. The van der Waals surface area contributed by atoms with Crippen molar-refractivity contribution in [2.24, 2.45) is 0 Å². The summed E-state index contributed by atoms with van der Waals surface area (Å²) >= 11 is 0. The van der Waals surface area contributed by atoms with Crippen molar-refractivity contribution < 1.29 is 18.3 Å². The lowest BCUT2D eigenvalue weighted by molar-refractivity contribution is -0.310. The predicted molar refractivity (Wildman–Crippen MR) is 95.6 cm³/mol. The average Bonchev–Trinajstić information content (AvgIpc) is 2.66. The summed E-state index contributed by atoms with van der Waals surface area (Å²) in [6, 6.07) is 18.3. The molecule has 0 saturated carbocycles. The third-order valence-electron chi connectivity index (χ3n) is 4.81. The van der Waals surface area contributed by atoms with E-state index in [1.165, 1.54) is 6.07 Å². The highest BCUT2D eigenvalue weighted by Crippen LogP contribution is 2.30. The lowest BCUT2D eigenvalue weighted by atomic mass is 9.96. The molecule has 5 nitrogen and oxygen atoms in total. The van der Waals surface area contributed by atoms with E-state index in [0.717, 1.165) is 26.2 Å². The standard InChI is InChI=1S/C20H17NO4S/c22-20(23)19-12-16-7-3-4-8-17(16)13-21(19)26(24,25)18-10-9-14-5-1-2-6-15(14)11-18/h1-11,19H,12-13H2,(H,22,23)/p-1/t19-/m1/s1. The predicted octanol–water partition coefficient (Wildman–Crippen LogP) is 1.71. The second-order valence-electron chi connectivity index (χ2n) is 6.37. The molecule has 132 valence electrons. The van der Waals surface area contributed by atoms with Gasteiger partial charge in [-0.3, -0.25) is 0 Å². The zero-order chi connectivity index (χ0) is 18.3. The number of fused-ring (bicyclic) bond motifs is 2. The Morgan fingerprint density at radius 2 is 1.58 bits per heavy atom. The van der Waals surface area contributed by atoms with E-state index in [4.69, 9.17) is 0 Å². The maximum atomic E-state index is 13.2. The molecular weight excluding hydrogens is 350 g/mol. The summed E-state index contributed by atoms with van der Waals surface area (Å²) in [6.45, 7) is 0.0178. The molecular formula is C20H16NO4S-. The first kappa shape index (κ1) is 16.8. The van der Waals surface area contributed by atoms with Crippen molar-refractivity contribution in [1.82, 2.24) is 4.31 Å². The molecule has 6 heteroatoms. The summed E-state index contributed by atoms with van der Waals surface area (Å²) in [6.07, 6.45) is 0.102. The van der Waals surface area contributed by atoms with Crippen LogP contribution in [0.15, 0.2) is 71.6 Å². The number of nitrogens with zero attached hydrogens (tertiary/aromatic N) is 1. The van der Waals surface area contributed by atoms with E-state index in [0.29, 0.717) is 0 Å². The number of carboxylic acid groups (broad SMARTS) is 1. The smallest absolute Gasteiger partial charge is 0.244 e. The molecule has 0 aromatic heterocycles. The van der Waals surface area contributed by atoms with Gasteiger partial charge in [0.15, 0.2) is 0 Å². The molecule has 0 N–H and O–H groups in total. The average molecular weight is 366 g/mol. The van der Waals surface area contributed by atoms with Crippen molar-refractivity contribution in [3.8, 4) is 0 Å². The summed E-state index contributed by atoms with van der Waals surface area (Å²) in [5, 5.41) is 13.4. The van der Waals surface area contributed by atoms with Crippen LogP contribution < -0.4 is 5.11 Å². The zero-order valence-electron chi connectivity index (χ0n) is 13.8. The molecule has 4 rings (SSSR count). The quantitative estimate of drug-likeness (QED) is 0.707. The highest BCUT2D eigenvalue weighted by Gasteiger charge is 2.36. The monoisotopic (exact) mass is 366 g/mol. The minimum Gasteiger partial charge on any atom is -0.548 e. The highest BCUT2D eigenvalue weighted by atomic mass is 32.2. The molecule has 0 radical (unpaired) electrons. The van der Waals surface area contributed by atoms with Gasteiger partial charge in [0.2, 0.25) is 10.0 Å². The lowest BCUT2D eigenvalue weighted by Crippen LogP contribution is -2.53. The third kappa shape index (κ3) is 2.77. The van der Waals surface area contributed by atoms with Crippen LogP contribution in [0.5, 0.6) is 0 Å². The summed E-state index contributed by atoms with van der Waals surface area (Å²) in [7, 11) is -3.98. The largest absolute Gasteiger partial charge is 0.548 e. The molecule has 1 atom stereocenters. The van der Waals surface area contributed by atoms with Gasteiger partial charge < -0.3 is 9.90 Å². The van der Waals surface area contributed by atoms with Crippen LogP contribution in [0.25, 0.3) is 10.8 Å². The minimum atomic E-state index is -3.98. The Morgan fingerprint density at radius 1 is 0.923 bits per heavy atom. The van der Waals surface area contributed by atoms with Crippen LogP contribution in [0.3, 0.4) is 0 Å². The molecule has 1 heterocycles. The van der Waals surface area contributed by atoms with Gasteiger partial charge in [0.05, 0.1) is 16.9 Å². The van der Waals surface area contributed by atoms with Crippen LogP contribution >= 0.6 is 0 Å². The van der Waals surface area contributed by atoms with E-state index in [1.54, 1.807) is 12.1 Å². The van der Waals surface area contributed by atoms with Crippen molar-refractivity contribution in [3.05, 3.63) is 77.9 Å². The summed E-state index contributed by atoms with van der Waals surface area (Å²) in [5.41, 5.74) is 1.65. The van der Waals surface area contributed by atoms with Gasteiger partial charge in [-0.1, -0.05) is 54.6 Å². The van der Waals surface area contributed by atoms with Crippen molar-refractivity contribution in [1.29, 1.82) is 0 Å². The highest BCUT2D eigenvalue weighted by molar-refractivity contribution is 7.89. The summed E-state index contributed by atoms with van der Waals surface area (Å²) in [4.78, 5) is 11.7. The summed E-state index contributed by atoms with van der Waals surface area (Å²) in [5.74, 6) is -1.39. The third-order valence-corrected chi connectivity index (χ3v) is 6.66. The van der Waals surface area contributed by atoms with Gasteiger partial charge in [0, 0.05) is 6.54 Å². The van der Waals surface area contributed by atoms with E-state index >= 15 is 0 Å². The van der Waals surface area contributed by atoms with Crippen molar-refractivity contribution in [2.75, 3.05) is 0 Å². The second kappa shape index (κ2) is 6.23. The van der Waals surface area contributed by atoms with Gasteiger partial charge >= 0.3 is 0 Å². The maximum Gasteiger partial charge on any atom is 0.244 e. The van der Waals surface area contributed by atoms with E-state index in [1.807, 2.05) is 48.5 Å². The van der Waals surface area contributed by atoms with Crippen LogP contribution in [-0.2, 0) is 27.8 Å². The first-order valence-electron chi connectivity index (χ1n) is 8.25. The molecule has 1 aliphatic heterocycles. The Labute approximate surface area is 151 Å². The molecule has 3 aromatic carbocycles. The number of aliphatic carboxylic acids is 1. The van der Waals surface area contributed by atoms with E-state index in [-0.39, 0.29) is 17.9 Å². The Bertz CT molecular complexity index is 1110. The van der Waals surface area contributed by atoms with E-state index in [2.05, 4.69) is 0 Å². The van der Waals surface area contributed by atoms with Gasteiger partial charge in [-0.15, -0.1) is 0 Å². The zero-order valence-corrected chi connectivity index (χ0v) is 14.6. The van der Waals surface area contributed by atoms with Crippen molar-refractivity contribution >= 4 is 26.8 Å². The Kier molecular flexibility index (Phi) is 4.01. The van der Waals surface area contributed by atoms with Gasteiger partial charge in [-0.2, -0.15) is 4.31 Å². The Hall–Kier alpha value is -2.70. The fraction of sp³-hybridized carbons (Fsp3) is 0.150. The molecule has 0 saturated heterocycles. The maximum absolute atomic E-state index is 13.2. The van der Waals surface area contributed by atoms with Crippen molar-refractivity contribution in [3.63, 3.8) is 0 Å². The normalized spacial score (nSPS) is 17.8. The van der Waals surface area contributed by atoms with Gasteiger partial charge in [-0.05, 0) is 40.5 Å². The van der Waals surface area contributed by atoms with E-state index in [9.17, 15) is 18.3 Å². The van der Waals surface area contributed by atoms with E-state index < -0.39 is 22.0 Å². The van der Waals surface area contributed by atoms with Crippen LogP contribution in [-0.4, -0.2) is 24.7 Å². The van der Waals surface area contributed by atoms with Crippen LogP contribution in [0, 0.1) is 0 Å². The first-order chi connectivity index (χ1) is 12.5. The molecule has 0 unspecified atom stereocenters. The Morgan fingerprint density at radius 3 is 2.31 bits per heavy atom. The molecule has 1 aliphatic rings. The number of rotatable bonds is 3. The van der Waals surface area contributed by atoms with Crippen LogP contribution in [0.1, 0.15) is 11.1 Å². The molecule has 0 amide bonds. The number of sulfonamides is 1. The van der Waals surface area contributed by atoms with Gasteiger partial charge in [0.1, 0.15) is 0 Å². The number of carbonyl (C=O) groups excluding carboxylic acids is 1. The fourth-order valence-corrected chi connectivity index (χ4v) is 5.01. The Balaban J connectivity index is 1.81. The topological polar surface area (TPSA) is 77.5 Å². The van der Waals surface area contributed by atoms with Crippen LogP contribution in [0.4, 0.5) is 0 Å². The number of carbonyl (C=O) groups is 1. The van der Waals surface area contributed by atoms with Gasteiger partial charge in [0.25, 0.3) is 0 Å². The molecule has 0 spiro atoms. The molecule has 0 bridgehead atoms. The number of carboxylic acids is 1.